The van der Waals surface area contributed by atoms with Crippen LogP contribution in [0.15, 0.2) is 23.1 Å². The third-order valence-electron chi connectivity index (χ3n) is 2.22. The van der Waals surface area contributed by atoms with Crippen LogP contribution in [-0.4, -0.2) is 26.1 Å². The van der Waals surface area contributed by atoms with Crippen LogP contribution in [-0.2, 0) is 10.0 Å². The molecule has 20 heavy (non-hydrogen) atoms. The van der Waals surface area contributed by atoms with Crippen LogP contribution in [0, 0.1) is 0 Å². The van der Waals surface area contributed by atoms with Crippen LogP contribution in [0.1, 0.15) is 12.0 Å². The molecule has 0 aromatic heterocycles. The van der Waals surface area contributed by atoms with Gasteiger partial charge in [-0.25, -0.2) is 13.1 Å². The summed E-state index contributed by atoms with van der Waals surface area (Å²) in [4.78, 5) is -0.270. The number of nitrogens with one attached hydrogen (secondary N) is 1. The zero-order valence-corrected chi connectivity index (χ0v) is 12.3. The van der Waals surface area contributed by atoms with E-state index in [1.165, 1.54) is 6.07 Å². The largest absolute Gasteiger partial charge is 0.390 e. The maximum Gasteiger partial charge on any atom is 0.390 e. The van der Waals surface area contributed by atoms with Crippen LogP contribution in [0.3, 0.4) is 0 Å². The second-order valence-corrected chi connectivity index (χ2v) is 6.38. The summed E-state index contributed by atoms with van der Waals surface area (Å²) in [5.41, 5.74) is 5.65. The van der Waals surface area contributed by atoms with Gasteiger partial charge in [0.25, 0.3) is 0 Å². The molecule has 0 aliphatic rings. The van der Waals surface area contributed by atoms with Crippen LogP contribution in [0.2, 0.25) is 5.02 Å². The van der Waals surface area contributed by atoms with Crippen molar-refractivity contribution in [2.75, 3.05) is 6.54 Å². The van der Waals surface area contributed by atoms with Gasteiger partial charge in [-0.05, 0) is 18.2 Å². The Bertz CT molecular complexity index is 617. The van der Waals surface area contributed by atoms with Gasteiger partial charge >= 0.3 is 6.18 Å². The number of hydrogen-bond donors (Lipinski definition) is 2. The van der Waals surface area contributed by atoms with Gasteiger partial charge in [-0.2, -0.15) is 13.2 Å². The van der Waals surface area contributed by atoms with E-state index in [0.29, 0.717) is 0 Å². The topological polar surface area (TPSA) is 72.2 Å². The predicted octanol–water partition coefficient (Wildman–Crippen LogP) is 2.20. The van der Waals surface area contributed by atoms with Gasteiger partial charge in [0.1, 0.15) is 4.99 Å². The highest BCUT2D eigenvalue weighted by atomic mass is 35.5. The molecule has 0 saturated carbocycles. The summed E-state index contributed by atoms with van der Waals surface area (Å²) in [6.45, 7) is -0.749. The average Bonchev–Trinajstić information content (AvgIpc) is 2.26. The summed E-state index contributed by atoms with van der Waals surface area (Å²) in [5.74, 6) is 0. The van der Waals surface area contributed by atoms with Gasteiger partial charge in [0, 0.05) is 12.1 Å². The van der Waals surface area contributed by atoms with Crippen molar-refractivity contribution in [1.82, 2.24) is 4.72 Å². The van der Waals surface area contributed by atoms with Crippen LogP contribution in [0.25, 0.3) is 0 Å². The molecule has 1 rings (SSSR count). The van der Waals surface area contributed by atoms with Crippen molar-refractivity contribution in [2.45, 2.75) is 17.5 Å². The molecule has 0 spiro atoms. The molecule has 112 valence electrons. The highest BCUT2D eigenvalue weighted by molar-refractivity contribution is 7.89. The van der Waals surface area contributed by atoms with Crippen LogP contribution in [0.4, 0.5) is 13.2 Å². The van der Waals surface area contributed by atoms with Crippen molar-refractivity contribution in [2.24, 2.45) is 5.73 Å². The molecule has 3 N–H and O–H groups in total. The van der Waals surface area contributed by atoms with Crippen LogP contribution in [0.5, 0.6) is 0 Å². The van der Waals surface area contributed by atoms with E-state index >= 15 is 0 Å². The minimum Gasteiger partial charge on any atom is -0.389 e. The fourth-order valence-electron chi connectivity index (χ4n) is 1.27. The van der Waals surface area contributed by atoms with Crippen LogP contribution >= 0.6 is 23.8 Å². The zero-order chi connectivity index (χ0) is 15.6. The van der Waals surface area contributed by atoms with E-state index in [4.69, 9.17) is 29.6 Å². The Morgan fingerprint density at radius 1 is 1.40 bits per heavy atom. The number of benzene rings is 1. The smallest absolute Gasteiger partial charge is 0.389 e. The second kappa shape index (κ2) is 6.25. The summed E-state index contributed by atoms with van der Waals surface area (Å²) >= 11 is 10.5. The molecule has 10 heteroatoms. The van der Waals surface area contributed by atoms with E-state index in [2.05, 4.69) is 0 Å². The summed E-state index contributed by atoms with van der Waals surface area (Å²) < 4.78 is 61.2. The molecule has 1 aromatic rings. The SMILES string of the molecule is NC(=S)c1ccc(S(=O)(=O)NCCC(F)(F)F)cc1Cl. The van der Waals surface area contributed by atoms with Gasteiger partial charge in [0.2, 0.25) is 10.0 Å². The minimum absolute atomic E-state index is 0.0102. The van der Waals surface area contributed by atoms with Gasteiger partial charge in [-0.3, -0.25) is 0 Å². The Kier molecular flexibility index (Phi) is 5.36. The quantitative estimate of drug-likeness (QED) is 0.802. The normalized spacial score (nSPS) is 12.4. The molecule has 0 saturated heterocycles. The Morgan fingerprint density at radius 3 is 2.45 bits per heavy atom. The lowest BCUT2D eigenvalue weighted by Crippen LogP contribution is -2.28. The van der Waals surface area contributed by atoms with Gasteiger partial charge < -0.3 is 5.73 Å². The summed E-state index contributed by atoms with van der Waals surface area (Å²) in [5, 5.41) is 0.0104. The molecule has 0 aliphatic carbocycles. The number of halogens is 4. The first-order valence-electron chi connectivity index (χ1n) is 5.19. The van der Waals surface area contributed by atoms with Crippen molar-refractivity contribution in [3.05, 3.63) is 28.8 Å². The van der Waals surface area contributed by atoms with Crippen molar-refractivity contribution < 1.29 is 21.6 Å². The van der Waals surface area contributed by atoms with Crippen LogP contribution < -0.4 is 10.5 Å². The Hall–Kier alpha value is -0.900. The first-order chi connectivity index (χ1) is 9.03. The summed E-state index contributed by atoms with van der Waals surface area (Å²) in [6.07, 6.45) is -5.69. The zero-order valence-electron chi connectivity index (χ0n) is 9.87. The van der Waals surface area contributed by atoms with E-state index in [0.717, 1.165) is 12.1 Å². The third-order valence-corrected chi connectivity index (χ3v) is 4.21. The molecule has 4 nitrogen and oxygen atoms in total. The summed E-state index contributed by atoms with van der Waals surface area (Å²) in [6, 6.07) is 3.53. The lowest BCUT2D eigenvalue weighted by atomic mass is 10.2. The molecular formula is C10H10ClF3N2O2S2. The average molecular weight is 347 g/mol. The van der Waals surface area contributed by atoms with Crippen molar-refractivity contribution in [1.29, 1.82) is 0 Å². The molecule has 0 unspecified atom stereocenters. The second-order valence-electron chi connectivity index (χ2n) is 3.77. The first kappa shape index (κ1) is 17.2. The van der Waals surface area contributed by atoms with Gasteiger partial charge in [0.15, 0.2) is 0 Å². The van der Waals surface area contributed by atoms with Crippen molar-refractivity contribution >= 4 is 38.8 Å². The maximum absolute atomic E-state index is 12.0. The molecule has 1 aromatic carbocycles. The number of thiocarbonyl (C=S) groups is 1. The van der Waals surface area contributed by atoms with Gasteiger partial charge in [-0.15, -0.1) is 0 Å². The lowest BCUT2D eigenvalue weighted by Gasteiger charge is -2.10. The number of hydrogen-bond acceptors (Lipinski definition) is 3. The van der Waals surface area contributed by atoms with E-state index in [1.807, 2.05) is 4.72 Å². The van der Waals surface area contributed by atoms with Gasteiger partial charge in [-0.1, -0.05) is 23.8 Å². The molecule has 0 aliphatic heterocycles. The van der Waals surface area contributed by atoms with E-state index in [9.17, 15) is 21.6 Å². The number of nitrogens with two attached hydrogens (primary N) is 1. The molecule has 0 heterocycles. The molecule has 0 atom stereocenters. The third kappa shape index (κ3) is 4.89. The Labute approximate surface area is 124 Å². The predicted molar refractivity (Wildman–Crippen MR) is 73.2 cm³/mol. The fraction of sp³-hybridized carbons (Fsp3) is 0.300. The molecule has 0 fully saturated rings. The van der Waals surface area contributed by atoms with E-state index in [-0.39, 0.29) is 20.5 Å². The maximum atomic E-state index is 12.0. The standard InChI is InChI=1S/C10H10ClF3N2O2S2/c11-8-5-6(1-2-7(8)9(15)19)20(17,18)16-4-3-10(12,13)14/h1-2,5,16H,3-4H2,(H2,15,19). The number of alkyl halides is 3. The number of sulfonamides is 1. The minimum atomic E-state index is -4.43. The molecular weight excluding hydrogens is 337 g/mol. The van der Waals surface area contributed by atoms with E-state index in [1.54, 1.807) is 0 Å². The molecule has 0 bridgehead atoms. The monoisotopic (exact) mass is 346 g/mol. The first-order valence-corrected chi connectivity index (χ1v) is 7.45. The number of rotatable bonds is 5. The lowest BCUT2D eigenvalue weighted by molar-refractivity contribution is -0.132. The highest BCUT2D eigenvalue weighted by Gasteiger charge is 2.27. The molecule has 0 radical (unpaired) electrons. The van der Waals surface area contributed by atoms with Crippen molar-refractivity contribution in [3.63, 3.8) is 0 Å². The van der Waals surface area contributed by atoms with E-state index < -0.39 is 29.2 Å². The summed E-state index contributed by atoms with van der Waals surface area (Å²) in [7, 11) is -4.07. The van der Waals surface area contributed by atoms with Crippen molar-refractivity contribution in [3.8, 4) is 0 Å². The Morgan fingerprint density at radius 2 is 2.00 bits per heavy atom. The van der Waals surface area contributed by atoms with Gasteiger partial charge in [0.05, 0.1) is 16.3 Å². The Balaban J connectivity index is 2.88. The molecule has 0 amide bonds. The highest BCUT2D eigenvalue weighted by Crippen LogP contribution is 2.22. The fourth-order valence-corrected chi connectivity index (χ4v) is 2.91.